The standard InChI is InChI=1S/C21H12Cl4N2O2S/c22-12-2-1-11(16(24)8-12)7-14-10-26-21(30-14)27-20(28)19-6-5-18(29-19)15-4-3-13(23)9-17(15)25/h1-6,8-10H,7H2,(H,26,27,28). The number of rotatable bonds is 5. The van der Waals surface area contributed by atoms with E-state index in [4.69, 9.17) is 50.8 Å². The summed E-state index contributed by atoms with van der Waals surface area (Å²) in [7, 11) is 0. The van der Waals surface area contributed by atoms with Gasteiger partial charge in [-0.25, -0.2) is 4.98 Å². The van der Waals surface area contributed by atoms with E-state index in [1.807, 2.05) is 6.07 Å². The SMILES string of the molecule is O=C(Nc1ncc(Cc2ccc(Cl)cc2Cl)s1)c1ccc(-c2ccc(Cl)cc2Cl)o1. The van der Waals surface area contributed by atoms with E-state index >= 15 is 0 Å². The van der Waals surface area contributed by atoms with E-state index in [9.17, 15) is 4.79 Å². The van der Waals surface area contributed by atoms with Crippen molar-refractivity contribution in [3.63, 3.8) is 0 Å². The van der Waals surface area contributed by atoms with Crippen molar-refractivity contribution in [2.24, 2.45) is 0 Å². The van der Waals surface area contributed by atoms with Crippen molar-refractivity contribution in [3.8, 4) is 11.3 Å². The molecule has 0 saturated carbocycles. The molecule has 2 heterocycles. The molecule has 4 rings (SSSR count). The molecule has 30 heavy (non-hydrogen) atoms. The Balaban J connectivity index is 1.45. The van der Waals surface area contributed by atoms with Crippen LogP contribution in [0.15, 0.2) is 59.1 Å². The quantitative estimate of drug-likeness (QED) is 0.305. The maximum Gasteiger partial charge on any atom is 0.293 e. The molecule has 152 valence electrons. The third-order valence-corrected chi connectivity index (χ3v) is 6.23. The predicted molar refractivity (Wildman–Crippen MR) is 123 cm³/mol. The second kappa shape index (κ2) is 9.00. The van der Waals surface area contributed by atoms with Gasteiger partial charge in [0.15, 0.2) is 10.9 Å². The third kappa shape index (κ3) is 4.82. The lowest BCUT2D eigenvalue weighted by atomic mass is 10.1. The number of nitrogens with zero attached hydrogens (tertiary/aromatic N) is 1. The Morgan fingerprint density at radius 1 is 0.967 bits per heavy atom. The summed E-state index contributed by atoms with van der Waals surface area (Å²) in [5, 5.41) is 5.33. The summed E-state index contributed by atoms with van der Waals surface area (Å²) in [6.07, 6.45) is 2.29. The molecule has 0 fully saturated rings. The topological polar surface area (TPSA) is 55.1 Å². The Kier molecular flexibility index (Phi) is 6.37. The summed E-state index contributed by atoms with van der Waals surface area (Å²) in [5.74, 6) is 0.212. The number of nitrogens with one attached hydrogen (secondary N) is 1. The lowest BCUT2D eigenvalue weighted by Gasteiger charge is -2.02. The van der Waals surface area contributed by atoms with E-state index in [1.165, 1.54) is 11.3 Å². The Labute approximate surface area is 196 Å². The normalized spacial score (nSPS) is 10.9. The summed E-state index contributed by atoms with van der Waals surface area (Å²) in [6, 6.07) is 13.7. The van der Waals surface area contributed by atoms with Crippen LogP contribution < -0.4 is 5.32 Å². The first-order valence-electron chi connectivity index (χ1n) is 8.64. The number of anilines is 1. The van der Waals surface area contributed by atoms with Crippen molar-refractivity contribution < 1.29 is 9.21 Å². The van der Waals surface area contributed by atoms with Gasteiger partial charge in [0.25, 0.3) is 5.91 Å². The fourth-order valence-corrected chi connectivity index (χ4v) is 4.56. The molecule has 0 radical (unpaired) electrons. The van der Waals surface area contributed by atoms with Crippen LogP contribution in [-0.2, 0) is 6.42 Å². The van der Waals surface area contributed by atoms with Crippen LogP contribution in [0.1, 0.15) is 21.0 Å². The molecule has 0 bridgehead atoms. The monoisotopic (exact) mass is 496 g/mol. The van der Waals surface area contributed by atoms with Gasteiger partial charge >= 0.3 is 0 Å². The van der Waals surface area contributed by atoms with Gasteiger partial charge in [-0.1, -0.05) is 52.5 Å². The average molecular weight is 498 g/mol. The minimum atomic E-state index is -0.406. The molecule has 1 N–H and O–H groups in total. The first-order valence-corrected chi connectivity index (χ1v) is 11.0. The molecule has 1 amide bonds. The summed E-state index contributed by atoms with van der Waals surface area (Å²) in [5.41, 5.74) is 1.58. The van der Waals surface area contributed by atoms with Gasteiger partial charge in [0.05, 0.1) is 5.02 Å². The Bertz CT molecular complexity index is 1240. The number of halogens is 4. The molecule has 0 atom stereocenters. The number of furan rings is 1. The van der Waals surface area contributed by atoms with Gasteiger partial charge in [0.2, 0.25) is 0 Å². The van der Waals surface area contributed by atoms with Gasteiger partial charge in [-0.15, -0.1) is 11.3 Å². The molecule has 0 aliphatic heterocycles. The number of hydrogen-bond donors (Lipinski definition) is 1. The van der Waals surface area contributed by atoms with Gasteiger partial charge < -0.3 is 4.42 Å². The Hall–Kier alpha value is -2.02. The van der Waals surface area contributed by atoms with Crippen LogP contribution >= 0.6 is 57.7 Å². The number of aromatic nitrogens is 1. The highest BCUT2D eigenvalue weighted by atomic mass is 35.5. The number of thiazole rings is 1. The molecule has 2 aromatic carbocycles. The smallest absolute Gasteiger partial charge is 0.293 e. The van der Waals surface area contributed by atoms with Gasteiger partial charge in [-0.3, -0.25) is 10.1 Å². The summed E-state index contributed by atoms with van der Waals surface area (Å²) in [6.45, 7) is 0. The second-order valence-electron chi connectivity index (χ2n) is 6.29. The van der Waals surface area contributed by atoms with Crippen LogP contribution in [0.25, 0.3) is 11.3 Å². The van der Waals surface area contributed by atoms with Gasteiger partial charge in [-0.2, -0.15) is 0 Å². The molecular weight excluding hydrogens is 486 g/mol. The molecule has 0 spiro atoms. The van der Waals surface area contributed by atoms with E-state index in [0.717, 1.165) is 10.4 Å². The molecule has 0 saturated heterocycles. The van der Waals surface area contributed by atoms with Crippen molar-refractivity contribution in [3.05, 3.63) is 91.0 Å². The van der Waals surface area contributed by atoms with E-state index in [-0.39, 0.29) is 5.76 Å². The zero-order valence-corrected chi connectivity index (χ0v) is 18.9. The molecule has 9 heteroatoms. The van der Waals surface area contributed by atoms with Gasteiger partial charge in [0, 0.05) is 38.1 Å². The summed E-state index contributed by atoms with van der Waals surface area (Å²) < 4.78 is 5.66. The van der Waals surface area contributed by atoms with Crippen LogP contribution in [0.4, 0.5) is 5.13 Å². The first-order chi connectivity index (χ1) is 14.4. The van der Waals surface area contributed by atoms with E-state index < -0.39 is 5.91 Å². The second-order valence-corrected chi connectivity index (χ2v) is 9.09. The number of carbonyl (C=O) groups is 1. The summed E-state index contributed by atoms with van der Waals surface area (Å²) in [4.78, 5) is 17.7. The number of amides is 1. The highest BCUT2D eigenvalue weighted by Gasteiger charge is 2.16. The maximum atomic E-state index is 12.5. The minimum absolute atomic E-state index is 0.147. The van der Waals surface area contributed by atoms with Crippen molar-refractivity contribution >= 4 is 68.8 Å². The fourth-order valence-electron chi connectivity index (χ4n) is 2.75. The predicted octanol–water partition coefficient (Wildman–Crippen LogP) is 7.86. The third-order valence-electron chi connectivity index (χ3n) is 4.18. The molecule has 0 aliphatic carbocycles. The highest BCUT2D eigenvalue weighted by Crippen LogP contribution is 2.32. The van der Waals surface area contributed by atoms with Crippen molar-refractivity contribution in [2.45, 2.75) is 6.42 Å². The van der Waals surface area contributed by atoms with Gasteiger partial charge in [-0.05, 0) is 48.0 Å². The van der Waals surface area contributed by atoms with Crippen molar-refractivity contribution in [2.75, 3.05) is 5.32 Å². The van der Waals surface area contributed by atoms with Crippen LogP contribution in [-0.4, -0.2) is 10.9 Å². The van der Waals surface area contributed by atoms with Crippen LogP contribution in [0.5, 0.6) is 0 Å². The molecular formula is C21H12Cl4N2O2S. The zero-order chi connectivity index (χ0) is 21.3. The molecule has 0 aliphatic rings. The lowest BCUT2D eigenvalue weighted by Crippen LogP contribution is -2.10. The maximum absolute atomic E-state index is 12.5. The number of carbonyl (C=O) groups excluding carboxylic acids is 1. The number of benzene rings is 2. The van der Waals surface area contributed by atoms with Crippen LogP contribution in [0.3, 0.4) is 0 Å². The molecule has 0 unspecified atom stereocenters. The van der Waals surface area contributed by atoms with Gasteiger partial charge in [0.1, 0.15) is 5.76 Å². The lowest BCUT2D eigenvalue weighted by molar-refractivity contribution is 0.0997. The zero-order valence-electron chi connectivity index (χ0n) is 15.1. The molecule has 2 aromatic heterocycles. The molecule has 4 aromatic rings. The Morgan fingerprint density at radius 3 is 2.43 bits per heavy atom. The van der Waals surface area contributed by atoms with Crippen molar-refractivity contribution in [1.82, 2.24) is 4.98 Å². The Morgan fingerprint density at radius 2 is 1.70 bits per heavy atom. The highest BCUT2D eigenvalue weighted by molar-refractivity contribution is 7.15. The summed E-state index contributed by atoms with van der Waals surface area (Å²) >= 11 is 25.6. The van der Waals surface area contributed by atoms with E-state index in [2.05, 4.69) is 10.3 Å². The van der Waals surface area contributed by atoms with E-state index in [0.29, 0.717) is 43.0 Å². The van der Waals surface area contributed by atoms with E-state index in [1.54, 1.807) is 48.7 Å². The first kappa shape index (κ1) is 21.2. The number of hydrogen-bond acceptors (Lipinski definition) is 4. The molecule has 4 nitrogen and oxygen atoms in total. The minimum Gasteiger partial charge on any atom is -0.451 e. The average Bonchev–Trinajstić information content (AvgIpc) is 3.34. The van der Waals surface area contributed by atoms with Crippen LogP contribution in [0, 0.1) is 0 Å². The largest absolute Gasteiger partial charge is 0.451 e. The van der Waals surface area contributed by atoms with Crippen molar-refractivity contribution in [1.29, 1.82) is 0 Å². The fraction of sp³-hybridized carbons (Fsp3) is 0.0476. The van der Waals surface area contributed by atoms with Crippen LogP contribution in [0.2, 0.25) is 20.1 Å².